The predicted octanol–water partition coefficient (Wildman–Crippen LogP) is -5.23. The molecule has 31 heteroatoms. The lowest BCUT2D eigenvalue weighted by molar-refractivity contribution is -0.745. The zero-order chi connectivity index (χ0) is 38.1. The van der Waals surface area contributed by atoms with Gasteiger partial charge in [0.1, 0.15) is 24.4 Å². The lowest BCUT2D eigenvalue weighted by Gasteiger charge is -2.35. The third-order valence-corrected chi connectivity index (χ3v) is 16.4. The lowest BCUT2D eigenvalue weighted by Crippen LogP contribution is -2.46. The van der Waals surface area contributed by atoms with Gasteiger partial charge in [-0.25, -0.2) is 14.5 Å². The van der Waals surface area contributed by atoms with Crippen LogP contribution in [0.5, 0.6) is 5.88 Å². The van der Waals surface area contributed by atoms with E-state index >= 15 is 0 Å². The Balaban J connectivity index is 1.04. The first-order valence-corrected chi connectivity index (χ1v) is 22.0. The van der Waals surface area contributed by atoms with Crippen LogP contribution in [0.3, 0.4) is 0 Å². The fraction of sp³-hybridized carbons (Fsp3) is 0.524. The molecule has 0 aromatic carbocycles. The number of hydrogen-bond acceptors (Lipinski definition) is 24. The van der Waals surface area contributed by atoms with Crippen molar-refractivity contribution >= 4 is 78.4 Å². The number of H-pyrrole nitrogens is 1. The molecular weight excluding hydrogens is 805 g/mol. The van der Waals surface area contributed by atoms with Gasteiger partial charge in [0, 0.05) is 17.4 Å². The molecule has 2 aliphatic rings. The number of aliphatic hydroxyl groups is 4. The molecule has 2 fully saturated rings. The summed E-state index contributed by atoms with van der Waals surface area (Å²) in [5.41, 5.74) is 9.95. The molecule has 5 unspecified atom stereocenters. The third kappa shape index (κ3) is 7.74. The zero-order valence-electron chi connectivity index (χ0n) is 25.8. The summed E-state index contributed by atoms with van der Waals surface area (Å²) in [4.78, 5) is 66.9. The van der Waals surface area contributed by atoms with Crippen molar-refractivity contribution < 1.29 is 76.6 Å². The molecule has 4 aromatic heterocycles. The van der Waals surface area contributed by atoms with Gasteiger partial charge < -0.3 is 61.2 Å². The van der Waals surface area contributed by atoms with Crippen molar-refractivity contribution in [2.24, 2.45) is 7.05 Å². The number of rotatable bonds is 12. The van der Waals surface area contributed by atoms with Crippen molar-refractivity contribution in [2.75, 3.05) is 23.0 Å². The van der Waals surface area contributed by atoms with Crippen LogP contribution in [-0.2, 0) is 38.8 Å². The van der Waals surface area contributed by atoms with Crippen LogP contribution in [0.1, 0.15) is 12.5 Å². The van der Waals surface area contributed by atoms with Crippen molar-refractivity contribution in [3.8, 4) is 5.88 Å². The van der Waals surface area contributed by atoms with Gasteiger partial charge in [-0.3, -0.25) is 41.2 Å². The average molecular weight is 832 g/mol. The third-order valence-electron chi connectivity index (χ3n) is 7.61. The van der Waals surface area contributed by atoms with Gasteiger partial charge in [-0.1, -0.05) is 27.7 Å². The minimum absolute atomic E-state index is 0.0332. The van der Waals surface area contributed by atoms with E-state index in [-0.39, 0.29) is 51.0 Å². The predicted molar refractivity (Wildman–Crippen MR) is 167 cm³/mol. The van der Waals surface area contributed by atoms with E-state index in [1.165, 1.54) is 17.9 Å². The molecule has 0 spiro atoms. The highest BCUT2D eigenvalue weighted by Crippen LogP contribution is 2.70. The maximum atomic E-state index is 12.5. The minimum Gasteiger partial charge on any atom is -0.856 e. The monoisotopic (exact) mass is 831 g/mol. The number of hydrogen-bond donors (Lipinski definition) is 7. The quantitative estimate of drug-likeness (QED) is 0.0518. The van der Waals surface area contributed by atoms with E-state index in [9.17, 15) is 58.7 Å². The van der Waals surface area contributed by atoms with Crippen LogP contribution in [0, 0.1) is 0 Å². The van der Waals surface area contributed by atoms with Gasteiger partial charge in [0.05, 0.1) is 25.6 Å². The smallest absolute Gasteiger partial charge is 0.309 e. The highest BCUT2D eigenvalue weighted by molar-refractivity contribution is 8.55. The lowest BCUT2D eigenvalue weighted by atomic mass is 10.1. The fourth-order valence-electron chi connectivity index (χ4n) is 5.37. The summed E-state index contributed by atoms with van der Waals surface area (Å²) in [6.45, 7) is -11.1. The van der Waals surface area contributed by atoms with E-state index in [4.69, 9.17) is 20.9 Å². The topological polar surface area (TPSA) is 411 Å². The van der Waals surface area contributed by atoms with Crippen LogP contribution in [0.15, 0.2) is 17.4 Å². The first-order valence-electron chi connectivity index (χ1n) is 14.3. The van der Waals surface area contributed by atoms with Crippen LogP contribution in [0.2, 0.25) is 0 Å². The van der Waals surface area contributed by atoms with E-state index in [0.717, 1.165) is 15.5 Å². The number of nitrogens with one attached hydrogen (secondary N) is 1. The average Bonchev–Trinajstić information content (AvgIpc) is 3.74. The number of phosphoric acid groups is 1. The number of imidazole rings is 2. The molecule has 52 heavy (non-hydrogen) atoms. The fourth-order valence-corrected chi connectivity index (χ4v) is 13.6. The molecular formula is C21H26N10O16P3S2-3. The van der Waals surface area contributed by atoms with Crippen LogP contribution >= 0.6 is 44.2 Å². The summed E-state index contributed by atoms with van der Waals surface area (Å²) in [7, 11) is -4.72. The van der Waals surface area contributed by atoms with Gasteiger partial charge in [0.15, 0.2) is 42.8 Å². The number of aliphatic hydroxyl groups excluding tert-OH is 4. The van der Waals surface area contributed by atoms with Gasteiger partial charge in [-0.2, -0.15) is 4.98 Å². The Bertz CT molecular complexity index is 2230. The van der Waals surface area contributed by atoms with Crippen LogP contribution < -0.4 is 41.4 Å². The summed E-state index contributed by atoms with van der Waals surface area (Å²) in [5.74, 6) is -2.96. The second kappa shape index (κ2) is 14.2. The summed E-state index contributed by atoms with van der Waals surface area (Å²) in [6, 6.07) is 0. The molecule has 11 atom stereocenters. The van der Waals surface area contributed by atoms with Gasteiger partial charge >= 0.3 is 5.65 Å². The number of aromatic amines is 1. The van der Waals surface area contributed by atoms with Crippen LogP contribution in [0.4, 0.5) is 11.9 Å². The van der Waals surface area contributed by atoms with Gasteiger partial charge in [0.25, 0.3) is 19.3 Å². The largest absolute Gasteiger partial charge is 0.856 e. The first kappa shape index (κ1) is 39.0. The SMILES string of the molecule is Cn1c[n+]([C@@H]2O[C@H](CSP(=O)([O-])OP(=O)([O-])OP(=O)([O-])SC[C@H]3O[C@@H](n4cnc5c(=O)[nH]c(N)nc54)C(O)[C@H]3O)C(O)[C@@H]2O)c2nc(N)nc([O-])c21. The van der Waals surface area contributed by atoms with Gasteiger partial charge in [0.2, 0.25) is 12.2 Å². The highest BCUT2D eigenvalue weighted by Gasteiger charge is 2.48. The Kier molecular flexibility index (Phi) is 10.6. The molecule has 2 saturated heterocycles. The molecule has 2 aliphatic heterocycles. The summed E-state index contributed by atoms with van der Waals surface area (Å²) in [5, 5.41) is 54.4. The van der Waals surface area contributed by atoms with E-state index in [1.807, 2.05) is 0 Å². The second-order valence-corrected chi connectivity index (χ2v) is 20.6. The number of fused-ring (bicyclic) bond motifs is 2. The van der Waals surface area contributed by atoms with E-state index in [0.29, 0.717) is 0 Å². The summed E-state index contributed by atoms with van der Waals surface area (Å²) >= 11 is -0.448. The Labute approximate surface area is 296 Å². The second-order valence-electron chi connectivity index (χ2n) is 11.2. The molecule has 0 saturated carbocycles. The Morgan fingerprint density at radius 1 is 0.962 bits per heavy atom. The van der Waals surface area contributed by atoms with Gasteiger partial charge in [-0.15, -0.1) is 0 Å². The Morgan fingerprint density at radius 3 is 2.19 bits per heavy atom. The van der Waals surface area contributed by atoms with Crippen molar-refractivity contribution in [1.82, 2.24) is 34.1 Å². The van der Waals surface area contributed by atoms with Crippen molar-refractivity contribution in [2.45, 2.75) is 49.1 Å². The molecule has 26 nitrogen and oxygen atoms in total. The van der Waals surface area contributed by atoms with Crippen LogP contribution in [-0.4, -0.2) is 103 Å². The summed E-state index contributed by atoms with van der Waals surface area (Å²) in [6.07, 6.45) is -10.5. The first-order chi connectivity index (χ1) is 24.2. The minimum atomic E-state index is -6.17. The number of aryl methyl sites for hydroxylation is 1. The number of anilines is 2. The maximum Gasteiger partial charge on any atom is 0.309 e. The van der Waals surface area contributed by atoms with Crippen molar-refractivity contribution in [3.05, 3.63) is 23.0 Å². The number of nitrogens with zero attached hydrogens (tertiary/aromatic N) is 7. The molecule has 0 radical (unpaired) electrons. The number of ether oxygens (including phenoxy) is 2. The molecule has 286 valence electrons. The van der Waals surface area contributed by atoms with Crippen molar-refractivity contribution in [3.63, 3.8) is 0 Å². The van der Waals surface area contributed by atoms with Gasteiger partial charge in [-0.05, 0) is 0 Å². The van der Waals surface area contributed by atoms with E-state index < -0.39 is 99.4 Å². The number of nitrogens with two attached hydrogens (primary N) is 2. The number of aromatic nitrogens is 8. The Hall–Kier alpha value is -2.75. The summed E-state index contributed by atoms with van der Waals surface area (Å²) < 4.78 is 60.1. The molecule has 6 rings (SSSR count). The Morgan fingerprint density at radius 2 is 1.56 bits per heavy atom. The molecule has 6 heterocycles. The molecule has 0 amide bonds. The standard InChI is InChI=1S/C21H29N10O16P3S2/c1-29-5-31(15-9(29)17(37)28-21(23)26-15)19-13(35)11(33)7(45-19)3-52-50(42,43)47-48(38,39)46-49(40,41)51-2-6-10(32)12(34)18(44-6)30-4-24-8-14(30)25-20(22)27-16(8)36/h4-7,10-13,18-19,32-35H,2-3H2,1H3,(H8-,22,23,25,26,27,28,36,37,38,39,40,41,42,43)/p-3/t6-,7-,10+,11?,12?,13+,18-,19-/m1/s1. The molecule has 9 N–H and O–H groups in total. The zero-order valence-corrected chi connectivity index (χ0v) is 30.1. The maximum absolute atomic E-state index is 12.5. The van der Waals surface area contributed by atoms with Crippen LogP contribution in [0.25, 0.3) is 22.3 Å². The number of nitrogen functional groups attached to an aromatic ring is 2. The molecule has 4 aromatic rings. The highest BCUT2D eigenvalue weighted by atomic mass is 32.7. The van der Waals surface area contributed by atoms with Crippen molar-refractivity contribution in [1.29, 1.82) is 0 Å². The molecule has 0 aliphatic carbocycles. The molecule has 0 bridgehead atoms. The van der Waals surface area contributed by atoms with E-state index in [2.05, 4.69) is 33.5 Å². The van der Waals surface area contributed by atoms with E-state index in [1.54, 1.807) is 0 Å². The normalized spacial score (nSPS) is 30.1.